The van der Waals surface area contributed by atoms with Crippen molar-refractivity contribution in [1.29, 1.82) is 0 Å². The van der Waals surface area contributed by atoms with E-state index in [4.69, 9.17) is 14.2 Å². The molecule has 2 aliphatic carbocycles. The largest absolute Gasteiger partial charge is 0.458 e. The number of hydrogen-bond donors (Lipinski definition) is 1. The molecule has 6 heteroatoms. The van der Waals surface area contributed by atoms with Gasteiger partial charge < -0.3 is 19.3 Å². The third-order valence-electron chi connectivity index (χ3n) is 8.11. The first kappa shape index (κ1) is 24.0. The van der Waals surface area contributed by atoms with Crippen LogP contribution in [0.1, 0.15) is 67.7 Å². The fourth-order valence-corrected chi connectivity index (χ4v) is 5.97. The number of allylic oxidation sites excluding steroid dienone is 2. The average Bonchev–Trinajstić information content (AvgIpc) is 3.11. The minimum absolute atomic E-state index is 0.137. The van der Waals surface area contributed by atoms with Crippen LogP contribution in [-0.2, 0) is 23.8 Å². The van der Waals surface area contributed by atoms with E-state index in [9.17, 15) is 14.7 Å². The van der Waals surface area contributed by atoms with Crippen LogP contribution in [0.3, 0.4) is 0 Å². The van der Waals surface area contributed by atoms with Crippen molar-refractivity contribution >= 4 is 11.9 Å². The normalized spacial score (nSPS) is 37.9. The van der Waals surface area contributed by atoms with Crippen molar-refractivity contribution in [1.82, 2.24) is 0 Å². The molecule has 3 aliphatic rings. The second kappa shape index (κ2) is 8.70. The van der Waals surface area contributed by atoms with Gasteiger partial charge in [0.2, 0.25) is 0 Å². The summed E-state index contributed by atoms with van der Waals surface area (Å²) in [6, 6.07) is 0. The molecule has 0 aromatic heterocycles. The van der Waals surface area contributed by atoms with Crippen LogP contribution in [0.15, 0.2) is 23.3 Å². The number of hydrogen-bond acceptors (Lipinski definition) is 6. The summed E-state index contributed by atoms with van der Waals surface area (Å²) in [5.74, 6) is -0.895. The quantitative estimate of drug-likeness (QED) is 0.397. The Balaban J connectivity index is 2.01. The molecule has 2 fully saturated rings. The lowest BCUT2D eigenvalue weighted by Gasteiger charge is -2.59. The topological polar surface area (TPSA) is 82.1 Å². The van der Waals surface area contributed by atoms with Gasteiger partial charge in [-0.25, -0.2) is 4.79 Å². The highest BCUT2D eigenvalue weighted by molar-refractivity contribution is 5.87. The molecular weight excluding hydrogens is 396 g/mol. The SMILES string of the molecule is CC=C(C)C(=O)OC1CC2(C)C3C(=CCC2C(C)(C)C1OC(=O)C(C)CC)COC3O. The van der Waals surface area contributed by atoms with Gasteiger partial charge in [-0.3, -0.25) is 4.79 Å². The Hall–Kier alpha value is -1.66. The van der Waals surface area contributed by atoms with E-state index < -0.39 is 29.9 Å². The van der Waals surface area contributed by atoms with Crippen LogP contribution in [0.4, 0.5) is 0 Å². The van der Waals surface area contributed by atoms with Crippen molar-refractivity contribution in [2.24, 2.45) is 28.6 Å². The van der Waals surface area contributed by atoms with Gasteiger partial charge in [0, 0.05) is 16.9 Å². The van der Waals surface area contributed by atoms with Crippen LogP contribution >= 0.6 is 0 Å². The lowest BCUT2D eigenvalue weighted by molar-refractivity contribution is -0.223. The summed E-state index contributed by atoms with van der Waals surface area (Å²) in [5.41, 5.74) is 0.824. The zero-order valence-electron chi connectivity index (χ0n) is 19.9. The van der Waals surface area contributed by atoms with Gasteiger partial charge >= 0.3 is 11.9 Å². The van der Waals surface area contributed by atoms with Crippen molar-refractivity contribution in [2.75, 3.05) is 6.61 Å². The third kappa shape index (κ3) is 4.09. The Kier molecular flexibility index (Phi) is 6.73. The number of aliphatic hydroxyl groups is 1. The molecule has 3 rings (SSSR count). The van der Waals surface area contributed by atoms with Gasteiger partial charge in [-0.05, 0) is 50.0 Å². The number of carbonyl (C=O) groups excluding carboxylic acids is 2. The maximum absolute atomic E-state index is 12.8. The van der Waals surface area contributed by atoms with Gasteiger partial charge in [0.05, 0.1) is 12.5 Å². The van der Waals surface area contributed by atoms with E-state index in [0.717, 1.165) is 12.0 Å². The van der Waals surface area contributed by atoms with E-state index in [1.807, 2.05) is 13.8 Å². The molecule has 1 saturated carbocycles. The summed E-state index contributed by atoms with van der Waals surface area (Å²) in [7, 11) is 0. The molecule has 0 radical (unpaired) electrons. The first-order chi connectivity index (χ1) is 14.5. The molecule has 7 unspecified atom stereocenters. The Morgan fingerprint density at radius 3 is 2.61 bits per heavy atom. The van der Waals surface area contributed by atoms with Crippen LogP contribution in [0.2, 0.25) is 0 Å². The number of rotatable bonds is 5. The van der Waals surface area contributed by atoms with Crippen molar-refractivity contribution in [3.05, 3.63) is 23.3 Å². The molecular formula is C25H38O6. The highest BCUT2D eigenvalue weighted by atomic mass is 16.6. The maximum atomic E-state index is 12.8. The monoisotopic (exact) mass is 434 g/mol. The number of carbonyl (C=O) groups is 2. The van der Waals surface area contributed by atoms with E-state index in [-0.39, 0.29) is 29.1 Å². The predicted octanol–water partition coefficient (Wildman–Crippen LogP) is 4.17. The summed E-state index contributed by atoms with van der Waals surface area (Å²) < 4.78 is 17.6. The second-order valence-electron chi connectivity index (χ2n) is 10.4. The van der Waals surface area contributed by atoms with Gasteiger partial charge in [-0.1, -0.05) is 46.8 Å². The molecule has 174 valence electrons. The van der Waals surface area contributed by atoms with Crippen molar-refractivity contribution in [2.45, 2.75) is 86.2 Å². The van der Waals surface area contributed by atoms with Crippen molar-refractivity contribution in [3.8, 4) is 0 Å². The molecule has 7 atom stereocenters. The molecule has 1 heterocycles. The number of esters is 2. The Morgan fingerprint density at radius 1 is 1.32 bits per heavy atom. The van der Waals surface area contributed by atoms with Crippen molar-refractivity contribution in [3.63, 3.8) is 0 Å². The molecule has 31 heavy (non-hydrogen) atoms. The molecule has 1 aliphatic heterocycles. The predicted molar refractivity (Wildman–Crippen MR) is 117 cm³/mol. The van der Waals surface area contributed by atoms with Crippen LogP contribution in [-0.4, -0.2) is 42.1 Å². The molecule has 0 amide bonds. The van der Waals surface area contributed by atoms with E-state index in [1.54, 1.807) is 19.9 Å². The summed E-state index contributed by atoms with van der Waals surface area (Å²) in [6.07, 6.45) is 3.88. The summed E-state index contributed by atoms with van der Waals surface area (Å²) in [4.78, 5) is 25.5. The fraction of sp³-hybridized carbons (Fsp3) is 0.760. The van der Waals surface area contributed by atoms with Crippen molar-refractivity contribution < 1.29 is 28.9 Å². The Bertz CT molecular complexity index is 781. The van der Waals surface area contributed by atoms with E-state index in [0.29, 0.717) is 25.0 Å². The molecule has 0 aromatic carbocycles. The number of ether oxygens (including phenoxy) is 3. The first-order valence-electron chi connectivity index (χ1n) is 11.5. The van der Waals surface area contributed by atoms with E-state index in [2.05, 4.69) is 26.8 Å². The van der Waals surface area contributed by atoms with Gasteiger partial charge in [0.25, 0.3) is 0 Å². The van der Waals surface area contributed by atoms with Crippen LogP contribution < -0.4 is 0 Å². The number of fused-ring (bicyclic) bond motifs is 3. The van der Waals surface area contributed by atoms with Crippen LogP contribution in [0, 0.1) is 28.6 Å². The van der Waals surface area contributed by atoms with E-state index >= 15 is 0 Å². The molecule has 0 aromatic rings. The number of aliphatic hydroxyl groups excluding tert-OH is 1. The lowest BCUT2D eigenvalue weighted by Crippen LogP contribution is -2.62. The fourth-order valence-electron chi connectivity index (χ4n) is 5.97. The first-order valence-corrected chi connectivity index (χ1v) is 11.5. The second-order valence-corrected chi connectivity index (χ2v) is 10.4. The Labute approximate surface area is 186 Å². The zero-order valence-corrected chi connectivity index (χ0v) is 19.9. The maximum Gasteiger partial charge on any atom is 0.333 e. The standard InChI is InChI=1S/C25H38O6/c1-8-14(3)21(26)30-17-12-25(7)18(11-10-16-13-29-23(28)19(16)25)24(5,6)20(17)31-22(27)15(4)9-2/h8,10,15,17-20,23,28H,9,11-13H2,1-7H3. The minimum atomic E-state index is -0.873. The molecule has 1 N–H and O–H groups in total. The minimum Gasteiger partial charge on any atom is -0.458 e. The average molecular weight is 435 g/mol. The van der Waals surface area contributed by atoms with E-state index in [1.165, 1.54) is 0 Å². The van der Waals surface area contributed by atoms with Gasteiger partial charge in [0.1, 0.15) is 12.2 Å². The lowest BCUT2D eigenvalue weighted by atomic mass is 9.47. The zero-order chi connectivity index (χ0) is 23.1. The summed E-state index contributed by atoms with van der Waals surface area (Å²) in [5, 5.41) is 10.6. The van der Waals surface area contributed by atoms with Gasteiger partial charge in [0.15, 0.2) is 6.29 Å². The summed E-state index contributed by atoms with van der Waals surface area (Å²) in [6.45, 7) is 14.1. The van der Waals surface area contributed by atoms with Gasteiger partial charge in [-0.15, -0.1) is 0 Å². The summed E-state index contributed by atoms with van der Waals surface area (Å²) >= 11 is 0. The van der Waals surface area contributed by atoms with Crippen LogP contribution in [0.25, 0.3) is 0 Å². The van der Waals surface area contributed by atoms with Crippen LogP contribution in [0.5, 0.6) is 0 Å². The molecule has 6 nitrogen and oxygen atoms in total. The highest BCUT2D eigenvalue weighted by Crippen LogP contribution is 2.62. The highest BCUT2D eigenvalue weighted by Gasteiger charge is 2.63. The third-order valence-corrected chi connectivity index (χ3v) is 8.11. The van der Waals surface area contributed by atoms with Gasteiger partial charge in [-0.2, -0.15) is 0 Å². The Morgan fingerprint density at radius 2 is 2.00 bits per heavy atom. The molecule has 0 spiro atoms. The smallest absolute Gasteiger partial charge is 0.333 e. The molecule has 1 saturated heterocycles. The molecule has 0 bridgehead atoms.